The minimum atomic E-state index is 0.109. The van der Waals surface area contributed by atoms with Crippen molar-refractivity contribution in [1.82, 2.24) is 0 Å². The molecule has 1 aliphatic rings. The highest BCUT2D eigenvalue weighted by Gasteiger charge is 2.46. The Bertz CT molecular complexity index is 162. The van der Waals surface area contributed by atoms with Crippen LogP contribution in [0.4, 0.5) is 0 Å². The van der Waals surface area contributed by atoms with Crippen molar-refractivity contribution in [2.75, 3.05) is 0 Å². The van der Waals surface area contributed by atoms with Crippen molar-refractivity contribution in [2.45, 2.75) is 46.6 Å². The normalized spacial score (nSPS) is 39.5. The lowest BCUT2D eigenvalue weighted by Crippen LogP contribution is -2.43. The molecule has 1 fully saturated rings. The summed E-state index contributed by atoms with van der Waals surface area (Å²) < 4.78 is 0.443. The van der Waals surface area contributed by atoms with E-state index in [1.54, 1.807) is 11.8 Å². The molecule has 2 atom stereocenters. The molecule has 72 valence electrons. The summed E-state index contributed by atoms with van der Waals surface area (Å²) in [7, 11) is 0. The van der Waals surface area contributed by atoms with Crippen molar-refractivity contribution in [3.63, 3.8) is 0 Å². The van der Waals surface area contributed by atoms with Crippen LogP contribution < -0.4 is 0 Å². The van der Waals surface area contributed by atoms with Gasteiger partial charge in [-0.05, 0) is 27.7 Å². The van der Waals surface area contributed by atoms with E-state index < -0.39 is 0 Å². The van der Waals surface area contributed by atoms with Gasteiger partial charge in [-0.1, -0.05) is 0 Å². The lowest BCUT2D eigenvalue weighted by atomic mass is 10.2. The van der Waals surface area contributed by atoms with Gasteiger partial charge in [0.2, 0.25) is 0 Å². The van der Waals surface area contributed by atoms with E-state index in [9.17, 15) is 0 Å². The van der Waals surface area contributed by atoms with E-state index in [0.717, 1.165) is 0 Å². The first-order valence-corrected chi connectivity index (χ1v) is 6.53. The summed E-state index contributed by atoms with van der Waals surface area (Å²) in [6.45, 7) is 8.69. The summed E-state index contributed by atoms with van der Waals surface area (Å²) >= 11 is 15.9. The SMILES string of the molecule is CC1(C)SC(C)(C)C(Cl)SC1Cl. The molecule has 4 heteroatoms. The number of thioether (sulfide) groups is 2. The van der Waals surface area contributed by atoms with Crippen LogP contribution in [0.15, 0.2) is 0 Å². The van der Waals surface area contributed by atoms with E-state index in [4.69, 9.17) is 23.2 Å². The van der Waals surface area contributed by atoms with Gasteiger partial charge in [-0.15, -0.1) is 46.7 Å². The Hall–Kier alpha value is 1.28. The molecule has 0 spiro atoms. The van der Waals surface area contributed by atoms with Crippen molar-refractivity contribution < 1.29 is 0 Å². The van der Waals surface area contributed by atoms with Gasteiger partial charge in [0.1, 0.15) is 0 Å². The summed E-state index contributed by atoms with van der Waals surface area (Å²) in [5.41, 5.74) is 0. The van der Waals surface area contributed by atoms with Crippen LogP contribution in [-0.2, 0) is 0 Å². The third kappa shape index (κ3) is 2.20. The summed E-state index contributed by atoms with van der Waals surface area (Å²) in [6.07, 6.45) is 0. The maximum atomic E-state index is 6.19. The third-order valence-electron chi connectivity index (χ3n) is 1.86. The van der Waals surface area contributed by atoms with Crippen molar-refractivity contribution in [3.05, 3.63) is 0 Å². The maximum absolute atomic E-state index is 6.19. The molecule has 0 aliphatic carbocycles. The monoisotopic (exact) mass is 244 g/mol. The Labute approximate surface area is 93.1 Å². The first kappa shape index (κ1) is 11.4. The van der Waals surface area contributed by atoms with Gasteiger partial charge in [-0.2, -0.15) is 0 Å². The van der Waals surface area contributed by atoms with Gasteiger partial charge in [-0.3, -0.25) is 0 Å². The van der Waals surface area contributed by atoms with Gasteiger partial charge in [0.25, 0.3) is 0 Å². The fourth-order valence-corrected chi connectivity index (χ4v) is 5.27. The topological polar surface area (TPSA) is 0 Å². The van der Waals surface area contributed by atoms with Crippen molar-refractivity contribution in [2.24, 2.45) is 0 Å². The first-order valence-electron chi connectivity index (χ1n) is 3.89. The van der Waals surface area contributed by atoms with E-state index in [1.807, 2.05) is 11.8 Å². The number of alkyl halides is 2. The van der Waals surface area contributed by atoms with Crippen LogP contribution in [0.5, 0.6) is 0 Å². The maximum Gasteiger partial charge on any atom is 0.0945 e. The predicted molar refractivity (Wildman–Crippen MR) is 62.6 cm³/mol. The van der Waals surface area contributed by atoms with Gasteiger partial charge in [0.05, 0.1) is 9.42 Å². The molecule has 0 nitrogen and oxygen atoms in total. The Morgan fingerprint density at radius 3 is 1.50 bits per heavy atom. The fourth-order valence-electron chi connectivity index (χ4n) is 1.20. The van der Waals surface area contributed by atoms with Crippen LogP contribution >= 0.6 is 46.7 Å². The van der Waals surface area contributed by atoms with Gasteiger partial charge < -0.3 is 0 Å². The van der Waals surface area contributed by atoms with Crippen LogP contribution in [0.3, 0.4) is 0 Å². The van der Waals surface area contributed by atoms with E-state index in [-0.39, 0.29) is 18.9 Å². The molecule has 0 saturated carbocycles. The molecule has 1 rings (SSSR count). The summed E-state index contributed by atoms with van der Waals surface area (Å²) in [5.74, 6) is 0. The molecular weight excluding hydrogens is 231 g/mol. The third-order valence-corrected chi connectivity index (χ3v) is 7.30. The second kappa shape index (κ2) is 3.45. The predicted octanol–water partition coefficient (Wildman–Crippen LogP) is 4.15. The standard InChI is InChI=1S/C8H14Cl2S2/c1-7(2)5(9)11-6(10)8(3,4)12-7/h5-6H,1-4H3. The highest BCUT2D eigenvalue weighted by atomic mass is 35.5. The molecule has 0 aromatic carbocycles. The number of hydrogen-bond donors (Lipinski definition) is 0. The number of halogens is 2. The minimum absolute atomic E-state index is 0.109. The van der Waals surface area contributed by atoms with Crippen LogP contribution in [0, 0.1) is 0 Å². The van der Waals surface area contributed by atoms with Gasteiger partial charge in [-0.25, -0.2) is 0 Å². The van der Waals surface area contributed by atoms with Crippen molar-refractivity contribution >= 4 is 46.7 Å². The van der Waals surface area contributed by atoms with E-state index >= 15 is 0 Å². The van der Waals surface area contributed by atoms with Gasteiger partial charge in [0, 0.05) is 9.49 Å². The summed E-state index contributed by atoms with van der Waals surface area (Å²) in [4.78, 5) is 0. The second-order valence-electron chi connectivity index (χ2n) is 4.08. The molecular formula is C8H14Cl2S2. The molecule has 0 aromatic rings. The van der Waals surface area contributed by atoms with Crippen LogP contribution in [0.2, 0.25) is 0 Å². The molecule has 1 heterocycles. The number of hydrogen-bond acceptors (Lipinski definition) is 2. The lowest BCUT2D eigenvalue weighted by molar-refractivity contribution is 0.694. The lowest BCUT2D eigenvalue weighted by Gasteiger charge is -2.45. The smallest absolute Gasteiger partial charge is 0.0945 e. The van der Waals surface area contributed by atoms with Crippen LogP contribution in [-0.4, -0.2) is 18.9 Å². The van der Waals surface area contributed by atoms with E-state index in [2.05, 4.69) is 27.7 Å². The van der Waals surface area contributed by atoms with E-state index in [1.165, 1.54) is 0 Å². The first-order chi connectivity index (χ1) is 5.26. The molecule has 12 heavy (non-hydrogen) atoms. The highest BCUT2D eigenvalue weighted by Crippen LogP contribution is 2.55. The van der Waals surface area contributed by atoms with E-state index in [0.29, 0.717) is 0 Å². The molecule has 2 unspecified atom stereocenters. The van der Waals surface area contributed by atoms with Crippen LogP contribution in [0.25, 0.3) is 0 Å². The Kier molecular flexibility index (Phi) is 3.27. The molecule has 1 aliphatic heterocycles. The quantitative estimate of drug-likeness (QED) is 0.588. The zero-order valence-corrected chi connectivity index (χ0v) is 10.9. The Balaban J connectivity index is 2.78. The molecule has 0 amide bonds. The average molecular weight is 245 g/mol. The largest absolute Gasteiger partial charge is 0.145 e. The van der Waals surface area contributed by atoms with Crippen molar-refractivity contribution in [3.8, 4) is 0 Å². The average Bonchev–Trinajstić information content (AvgIpc) is 1.82. The fraction of sp³-hybridized carbons (Fsp3) is 1.00. The Morgan fingerprint density at radius 1 is 0.917 bits per heavy atom. The summed E-state index contributed by atoms with van der Waals surface area (Å²) in [6, 6.07) is 0. The highest BCUT2D eigenvalue weighted by molar-refractivity contribution is 8.10. The molecule has 0 N–H and O–H groups in total. The Morgan fingerprint density at radius 2 is 1.25 bits per heavy atom. The summed E-state index contributed by atoms with van der Waals surface area (Å²) in [5, 5.41) is 0. The van der Waals surface area contributed by atoms with Gasteiger partial charge >= 0.3 is 0 Å². The molecule has 0 aromatic heterocycles. The second-order valence-corrected chi connectivity index (χ2v) is 8.99. The van der Waals surface area contributed by atoms with Crippen molar-refractivity contribution in [1.29, 1.82) is 0 Å². The number of rotatable bonds is 0. The minimum Gasteiger partial charge on any atom is -0.145 e. The molecule has 1 saturated heterocycles. The van der Waals surface area contributed by atoms with Gasteiger partial charge in [0.15, 0.2) is 0 Å². The van der Waals surface area contributed by atoms with Crippen LogP contribution in [0.1, 0.15) is 27.7 Å². The molecule has 0 bridgehead atoms. The zero-order valence-electron chi connectivity index (χ0n) is 7.73. The zero-order chi connectivity index (χ0) is 9.57. The molecule has 0 radical (unpaired) electrons.